The monoisotopic (exact) mass is 211 g/mol. The third-order valence-corrected chi connectivity index (χ3v) is 2.42. The zero-order chi connectivity index (χ0) is 11.6. The van der Waals surface area contributed by atoms with Crippen LogP contribution in [0, 0.1) is 5.92 Å². The predicted molar refractivity (Wildman–Crippen MR) is 57.5 cm³/mol. The highest BCUT2D eigenvalue weighted by atomic mass is 16.3. The normalized spacial score (nSPS) is 15.3. The molecule has 15 heavy (non-hydrogen) atoms. The van der Waals surface area contributed by atoms with Crippen LogP contribution in [-0.4, -0.2) is 21.4 Å². The molecule has 1 aromatic carbocycles. The summed E-state index contributed by atoms with van der Waals surface area (Å²) in [6, 6.07) is 3.40. The van der Waals surface area contributed by atoms with Gasteiger partial charge in [-0.1, -0.05) is 13.8 Å². The lowest BCUT2D eigenvalue weighted by Gasteiger charge is -2.23. The zero-order valence-electron chi connectivity index (χ0n) is 8.88. The van der Waals surface area contributed by atoms with Crippen LogP contribution in [0.2, 0.25) is 0 Å². The first-order valence-corrected chi connectivity index (χ1v) is 4.89. The first kappa shape index (κ1) is 11.8. The lowest BCUT2D eigenvalue weighted by molar-refractivity contribution is 0.0969. The Bertz CT molecular complexity index is 339. The second-order valence-electron chi connectivity index (χ2n) is 4.00. The van der Waals surface area contributed by atoms with Gasteiger partial charge < -0.3 is 21.1 Å². The molecule has 0 bridgehead atoms. The number of aliphatic hydroxyl groups excluding tert-OH is 1. The predicted octanol–water partition coefficient (Wildman–Crippen LogP) is 1.11. The van der Waals surface area contributed by atoms with Crippen LogP contribution in [0.15, 0.2) is 18.2 Å². The van der Waals surface area contributed by atoms with E-state index in [0.717, 1.165) is 0 Å². The Kier molecular flexibility index (Phi) is 3.55. The molecule has 0 aliphatic rings. The Morgan fingerprint density at radius 3 is 2.33 bits per heavy atom. The van der Waals surface area contributed by atoms with E-state index in [1.807, 2.05) is 13.8 Å². The molecule has 0 unspecified atom stereocenters. The van der Waals surface area contributed by atoms with Gasteiger partial charge in [0.05, 0.1) is 12.1 Å². The molecule has 0 aliphatic heterocycles. The van der Waals surface area contributed by atoms with E-state index >= 15 is 0 Å². The van der Waals surface area contributed by atoms with Gasteiger partial charge in [-0.2, -0.15) is 0 Å². The molecule has 0 fully saturated rings. The number of aliphatic hydroxyl groups is 1. The second-order valence-corrected chi connectivity index (χ2v) is 4.00. The van der Waals surface area contributed by atoms with Gasteiger partial charge in [0.15, 0.2) is 0 Å². The molecule has 0 aromatic heterocycles. The Hall–Kier alpha value is -1.26. The fourth-order valence-corrected chi connectivity index (χ4v) is 1.41. The first-order valence-electron chi connectivity index (χ1n) is 4.89. The minimum absolute atomic E-state index is 0.0123. The van der Waals surface area contributed by atoms with Crippen molar-refractivity contribution in [3.8, 4) is 11.5 Å². The van der Waals surface area contributed by atoms with E-state index in [4.69, 9.17) is 5.73 Å². The summed E-state index contributed by atoms with van der Waals surface area (Å²) in [6.07, 6.45) is -0.752. The third-order valence-electron chi connectivity index (χ3n) is 2.42. The molecule has 1 aromatic rings. The van der Waals surface area contributed by atoms with Gasteiger partial charge in [-0.3, -0.25) is 0 Å². The molecule has 1 rings (SSSR count). The number of hydrogen-bond acceptors (Lipinski definition) is 4. The average molecular weight is 211 g/mol. The van der Waals surface area contributed by atoms with Crippen LogP contribution in [0.5, 0.6) is 11.5 Å². The second kappa shape index (κ2) is 4.51. The van der Waals surface area contributed by atoms with Crippen molar-refractivity contribution in [3.63, 3.8) is 0 Å². The molecule has 0 saturated carbocycles. The summed E-state index contributed by atoms with van der Waals surface area (Å²) >= 11 is 0. The molecular weight excluding hydrogens is 194 g/mol. The van der Waals surface area contributed by atoms with Gasteiger partial charge in [0.25, 0.3) is 0 Å². The number of nitrogens with two attached hydrogens (primary N) is 1. The van der Waals surface area contributed by atoms with Gasteiger partial charge >= 0.3 is 0 Å². The molecule has 0 radical (unpaired) electrons. The first-order chi connectivity index (χ1) is 6.93. The molecule has 84 valence electrons. The fraction of sp³-hybridized carbons (Fsp3) is 0.455. The van der Waals surface area contributed by atoms with Crippen LogP contribution in [0.1, 0.15) is 25.5 Å². The summed E-state index contributed by atoms with van der Waals surface area (Å²) < 4.78 is 0. The Morgan fingerprint density at radius 1 is 1.20 bits per heavy atom. The molecule has 2 atom stereocenters. The van der Waals surface area contributed by atoms with Crippen LogP contribution in [0.4, 0.5) is 0 Å². The highest BCUT2D eigenvalue weighted by molar-refractivity contribution is 5.41. The zero-order valence-corrected chi connectivity index (χ0v) is 8.88. The highest BCUT2D eigenvalue weighted by Gasteiger charge is 2.22. The SMILES string of the molecule is CC(C)[C@H](O)[C@H](N)c1cc(O)ccc1O. The van der Waals surface area contributed by atoms with Crippen molar-refractivity contribution in [2.45, 2.75) is 26.0 Å². The van der Waals surface area contributed by atoms with E-state index in [0.29, 0.717) is 5.56 Å². The van der Waals surface area contributed by atoms with Crippen molar-refractivity contribution in [1.82, 2.24) is 0 Å². The number of phenolic OH excluding ortho intramolecular Hbond substituents is 2. The summed E-state index contributed by atoms with van der Waals surface area (Å²) in [5.74, 6) is -0.00375. The minimum Gasteiger partial charge on any atom is -0.508 e. The minimum atomic E-state index is -0.752. The van der Waals surface area contributed by atoms with Crippen molar-refractivity contribution < 1.29 is 15.3 Å². The lowest BCUT2D eigenvalue weighted by Crippen LogP contribution is -2.30. The van der Waals surface area contributed by atoms with E-state index < -0.39 is 12.1 Å². The van der Waals surface area contributed by atoms with Gasteiger partial charge in [-0.15, -0.1) is 0 Å². The van der Waals surface area contributed by atoms with Crippen LogP contribution >= 0.6 is 0 Å². The van der Waals surface area contributed by atoms with E-state index in [1.165, 1.54) is 18.2 Å². The Labute approximate surface area is 89.0 Å². The third kappa shape index (κ3) is 2.61. The van der Waals surface area contributed by atoms with Crippen molar-refractivity contribution in [2.24, 2.45) is 11.7 Å². The van der Waals surface area contributed by atoms with Gasteiger partial charge in [0.2, 0.25) is 0 Å². The lowest BCUT2D eigenvalue weighted by atomic mass is 9.94. The van der Waals surface area contributed by atoms with Gasteiger partial charge in [0.1, 0.15) is 11.5 Å². The van der Waals surface area contributed by atoms with Crippen LogP contribution in [0.25, 0.3) is 0 Å². The van der Waals surface area contributed by atoms with Crippen LogP contribution < -0.4 is 5.73 Å². The molecule has 4 nitrogen and oxygen atoms in total. The summed E-state index contributed by atoms with van der Waals surface area (Å²) in [6.45, 7) is 3.68. The van der Waals surface area contributed by atoms with Crippen molar-refractivity contribution in [3.05, 3.63) is 23.8 Å². The van der Waals surface area contributed by atoms with E-state index in [-0.39, 0.29) is 17.4 Å². The standard InChI is InChI=1S/C11H17NO3/c1-6(2)11(15)10(12)8-5-7(13)3-4-9(8)14/h3-6,10-11,13-15H,12H2,1-2H3/t10-,11+/m1/s1. The van der Waals surface area contributed by atoms with Crippen molar-refractivity contribution in [1.29, 1.82) is 0 Å². The molecule has 0 aliphatic carbocycles. The summed E-state index contributed by atoms with van der Waals surface area (Å²) in [5.41, 5.74) is 6.15. The van der Waals surface area contributed by atoms with Crippen molar-refractivity contribution in [2.75, 3.05) is 0 Å². The van der Waals surface area contributed by atoms with Gasteiger partial charge in [0, 0.05) is 5.56 Å². The number of aromatic hydroxyl groups is 2. The maximum absolute atomic E-state index is 9.75. The maximum atomic E-state index is 9.75. The van der Waals surface area contributed by atoms with Crippen molar-refractivity contribution >= 4 is 0 Å². The van der Waals surface area contributed by atoms with Crippen LogP contribution in [-0.2, 0) is 0 Å². The van der Waals surface area contributed by atoms with E-state index in [1.54, 1.807) is 0 Å². The van der Waals surface area contributed by atoms with Crippen LogP contribution in [0.3, 0.4) is 0 Å². The Balaban J connectivity index is 2.99. The smallest absolute Gasteiger partial charge is 0.120 e. The van der Waals surface area contributed by atoms with E-state index in [9.17, 15) is 15.3 Å². The van der Waals surface area contributed by atoms with Gasteiger partial charge in [-0.25, -0.2) is 0 Å². The molecule has 5 N–H and O–H groups in total. The average Bonchev–Trinajstić information content (AvgIpc) is 2.19. The molecule has 0 amide bonds. The molecule has 0 saturated heterocycles. The number of rotatable bonds is 3. The quantitative estimate of drug-likeness (QED) is 0.564. The molecule has 0 spiro atoms. The summed E-state index contributed by atoms with van der Waals surface area (Å²) in [7, 11) is 0. The number of phenols is 2. The largest absolute Gasteiger partial charge is 0.508 e. The fourth-order valence-electron chi connectivity index (χ4n) is 1.41. The summed E-state index contributed by atoms with van der Waals surface area (Å²) in [4.78, 5) is 0. The van der Waals surface area contributed by atoms with E-state index in [2.05, 4.69) is 0 Å². The molecule has 4 heteroatoms. The highest BCUT2D eigenvalue weighted by Crippen LogP contribution is 2.30. The summed E-state index contributed by atoms with van der Waals surface area (Å²) in [5, 5.41) is 28.5. The Morgan fingerprint density at radius 2 is 1.80 bits per heavy atom. The molecular formula is C11H17NO3. The molecule has 0 heterocycles. The van der Waals surface area contributed by atoms with Gasteiger partial charge in [-0.05, 0) is 24.1 Å². The number of hydrogen-bond donors (Lipinski definition) is 4. The number of benzene rings is 1. The maximum Gasteiger partial charge on any atom is 0.120 e. The topological polar surface area (TPSA) is 86.7 Å².